The Hall–Kier alpha value is -0.160. The molecule has 1 saturated heterocycles. The lowest BCUT2D eigenvalue weighted by Gasteiger charge is -2.27. The van der Waals surface area contributed by atoms with Crippen molar-refractivity contribution in [1.29, 1.82) is 0 Å². The second-order valence-electron chi connectivity index (χ2n) is 6.02. The Labute approximate surface area is 118 Å². The van der Waals surface area contributed by atoms with Gasteiger partial charge in [0.15, 0.2) is 0 Å². The predicted octanol–water partition coefficient (Wildman–Crippen LogP) is 2.08. The summed E-state index contributed by atoms with van der Waals surface area (Å²) >= 11 is 0. The van der Waals surface area contributed by atoms with Crippen molar-refractivity contribution >= 4 is 0 Å². The van der Waals surface area contributed by atoms with Crippen molar-refractivity contribution in [1.82, 2.24) is 5.32 Å². The smallest absolute Gasteiger partial charge is 0.0587 e. The molecule has 1 aliphatic rings. The quantitative estimate of drug-likeness (QED) is 0.585. The van der Waals surface area contributed by atoms with E-state index in [2.05, 4.69) is 19.2 Å². The third-order valence-corrected chi connectivity index (χ3v) is 3.78. The van der Waals surface area contributed by atoms with E-state index in [0.717, 1.165) is 71.3 Å². The summed E-state index contributed by atoms with van der Waals surface area (Å²) in [6.45, 7) is 10.6. The summed E-state index contributed by atoms with van der Waals surface area (Å²) in [7, 11) is 1.73. The molecule has 4 heteroatoms. The van der Waals surface area contributed by atoms with Crippen LogP contribution in [-0.2, 0) is 14.2 Å². The minimum Gasteiger partial charge on any atom is -0.383 e. The van der Waals surface area contributed by atoms with Gasteiger partial charge < -0.3 is 19.5 Å². The van der Waals surface area contributed by atoms with E-state index < -0.39 is 0 Å². The molecule has 1 atom stereocenters. The fraction of sp³-hybridized carbons (Fsp3) is 1.00. The summed E-state index contributed by atoms with van der Waals surface area (Å²) in [5, 5.41) is 3.47. The number of hydrogen-bond donors (Lipinski definition) is 1. The topological polar surface area (TPSA) is 39.7 Å². The SMILES string of the molecule is COCCNCC1(CCOCCC(C)C)CCOC1. The van der Waals surface area contributed by atoms with Gasteiger partial charge in [-0.3, -0.25) is 0 Å². The van der Waals surface area contributed by atoms with Crippen LogP contribution in [0.1, 0.15) is 33.1 Å². The van der Waals surface area contributed by atoms with E-state index in [4.69, 9.17) is 14.2 Å². The largest absolute Gasteiger partial charge is 0.383 e. The Morgan fingerprint density at radius 1 is 1.26 bits per heavy atom. The number of hydrogen-bond acceptors (Lipinski definition) is 4. The van der Waals surface area contributed by atoms with Gasteiger partial charge in [0.2, 0.25) is 0 Å². The highest BCUT2D eigenvalue weighted by molar-refractivity contribution is 4.85. The standard InChI is InChI=1S/C15H31NO3/c1-14(2)4-8-18-9-5-15(6-10-19-13-15)12-16-7-11-17-3/h14,16H,4-13H2,1-3H3. The molecule has 0 aliphatic carbocycles. The Morgan fingerprint density at radius 2 is 2.11 bits per heavy atom. The lowest BCUT2D eigenvalue weighted by Crippen LogP contribution is -2.37. The van der Waals surface area contributed by atoms with Crippen LogP contribution in [0.25, 0.3) is 0 Å². The summed E-state index contributed by atoms with van der Waals surface area (Å²) in [6.07, 6.45) is 3.38. The Morgan fingerprint density at radius 3 is 2.74 bits per heavy atom. The summed E-state index contributed by atoms with van der Waals surface area (Å²) in [6, 6.07) is 0. The van der Waals surface area contributed by atoms with E-state index in [0.29, 0.717) is 0 Å². The number of rotatable bonds is 11. The first-order chi connectivity index (χ1) is 9.18. The van der Waals surface area contributed by atoms with Gasteiger partial charge in [0.25, 0.3) is 0 Å². The van der Waals surface area contributed by atoms with Crippen LogP contribution >= 0.6 is 0 Å². The van der Waals surface area contributed by atoms with E-state index in [9.17, 15) is 0 Å². The van der Waals surface area contributed by atoms with E-state index in [1.807, 2.05) is 0 Å². The van der Waals surface area contributed by atoms with Crippen LogP contribution in [0.2, 0.25) is 0 Å². The van der Waals surface area contributed by atoms with Crippen LogP contribution in [0, 0.1) is 11.3 Å². The molecule has 0 aromatic carbocycles. The van der Waals surface area contributed by atoms with E-state index in [1.54, 1.807) is 7.11 Å². The Bertz CT molecular complexity index is 215. The maximum absolute atomic E-state index is 5.75. The summed E-state index contributed by atoms with van der Waals surface area (Å²) in [5.74, 6) is 0.722. The van der Waals surface area contributed by atoms with Crippen molar-refractivity contribution in [3.63, 3.8) is 0 Å². The Balaban J connectivity index is 2.16. The molecule has 114 valence electrons. The van der Waals surface area contributed by atoms with Crippen molar-refractivity contribution in [2.45, 2.75) is 33.1 Å². The molecule has 0 radical (unpaired) electrons. The highest BCUT2D eigenvalue weighted by Gasteiger charge is 2.34. The molecular formula is C15H31NO3. The maximum atomic E-state index is 5.75. The monoisotopic (exact) mass is 273 g/mol. The van der Waals surface area contributed by atoms with Crippen LogP contribution < -0.4 is 5.32 Å². The highest BCUT2D eigenvalue weighted by atomic mass is 16.5. The molecule has 0 saturated carbocycles. The van der Waals surface area contributed by atoms with Gasteiger partial charge in [-0.1, -0.05) is 13.8 Å². The van der Waals surface area contributed by atoms with Crippen LogP contribution in [0.15, 0.2) is 0 Å². The van der Waals surface area contributed by atoms with E-state index in [-0.39, 0.29) is 5.41 Å². The summed E-state index contributed by atoms with van der Waals surface area (Å²) < 4.78 is 16.4. The van der Waals surface area contributed by atoms with Crippen molar-refractivity contribution in [2.75, 3.05) is 53.2 Å². The van der Waals surface area contributed by atoms with Crippen molar-refractivity contribution < 1.29 is 14.2 Å². The molecule has 1 aliphatic heterocycles. The minimum atomic E-state index is 0.269. The van der Waals surface area contributed by atoms with Crippen LogP contribution in [-0.4, -0.2) is 53.2 Å². The van der Waals surface area contributed by atoms with Crippen LogP contribution in [0.5, 0.6) is 0 Å². The summed E-state index contributed by atoms with van der Waals surface area (Å²) in [4.78, 5) is 0. The first-order valence-electron chi connectivity index (χ1n) is 7.54. The molecular weight excluding hydrogens is 242 g/mol. The van der Waals surface area contributed by atoms with Gasteiger partial charge in [0.05, 0.1) is 13.2 Å². The second-order valence-corrected chi connectivity index (χ2v) is 6.02. The zero-order chi connectivity index (χ0) is 14.0. The fourth-order valence-corrected chi connectivity index (χ4v) is 2.31. The van der Waals surface area contributed by atoms with E-state index in [1.165, 1.54) is 0 Å². The molecule has 1 heterocycles. The number of nitrogens with one attached hydrogen (secondary N) is 1. The van der Waals surface area contributed by atoms with Gasteiger partial charge in [-0.15, -0.1) is 0 Å². The molecule has 1 unspecified atom stereocenters. The van der Waals surface area contributed by atoms with Gasteiger partial charge in [0.1, 0.15) is 0 Å². The molecule has 4 nitrogen and oxygen atoms in total. The molecule has 1 N–H and O–H groups in total. The first-order valence-corrected chi connectivity index (χ1v) is 7.54. The third-order valence-electron chi connectivity index (χ3n) is 3.78. The zero-order valence-electron chi connectivity index (χ0n) is 12.9. The van der Waals surface area contributed by atoms with Crippen LogP contribution in [0.4, 0.5) is 0 Å². The molecule has 1 rings (SSSR count). The molecule has 0 bridgehead atoms. The Kier molecular flexibility index (Phi) is 8.62. The minimum absolute atomic E-state index is 0.269. The maximum Gasteiger partial charge on any atom is 0.0587 e. The lowest BCUT2D eigenvalue weighted by molar-refractivity contribution is 0.0743. The zero-order valence-corrected chi connectivity index (χ0v) is 12.9. The first kappa shape index (κ1) is 16.9. The second kappa shape index (κ2) is 9.70. The van der Waals surface area contributed by atoms with Crippen molar-refractivity contribution in [2.24, 2.45) is 11.3 Å². The normalized spacial score (nSPS) is 23.4. The molecule has 0 aromatic heterocycles. The predicted molar refractivity (Wildman–Crippen MR) is 77.5 cm³/mol. The average Bonchev–Trinajstić information content (AvgIpc) is 2.83. The molecule has 19 heavy (non-hydrogen) atoms. The summed E-state index contributed by atoms with van der Waals surface area (Å²) in [5.41, 5.74) is 0.269. The fourth-order valence-electron chi connectivity index (χ4n) is 2.31. The van der Waals surface area contributed by atoms with Crippen molar-refractivity contribution in [3.8, 4) is 0 Å². The molecule has 0 amide bonds. The van der Waals surface area contributed by atoms with Gasteiger partial charge >= 0.3 is 0 Å². The highest BCUT2D eigenvalue weighted by Crippen LogP contribution is 2.31. The number of ether oxygens (including phenoxy) is 3. The van der Waals surface area contributed by atoms with Crippen molar-refractivity contribution in [3.05, 3.63) is 0 Å². The lowest BCUT2D eigenvalue weighted by atomic mass is 9.84. The molecule has 0 aromatic rings. The third kappa shape index (κ3) is 7.25. The van der Waals surface area contributed by atoms with E-state index >= 15 is 0 Å². The van der Waals surface area contributed by atoms with Gasteiger partial charge in [0, 0.05) is 45.4 Å². The molecule has 0 spiro atoms. The average molecular weight is 273 g/mol. The van der Waals surface area contributed by atoms with Crippen LogP contribution in [0.3, 0.4) is 0 Å². The van der Waals surface area contributed by atoms with Gasteiger partial charge in [-0.05, 0) is 25.2 Å². The van der Waals surface area contributed by atoms with Gasteiger partial charge in [-0.25, -0.2) is 0 Å². The molecule has 1 fully saturated rings. The number of methoxy groups -OCH3 is 1. The van der Waals surface area contributed by atoms with Gasteiger partial charge in [-0.2, -0.15) is 0 Å².